The monoisotopic (exact) mass is 393 g/mol. The Balaban J connectivity index is 1.34. The maximum atomic E-state index is 12.4. The van der Waals surface area contributed by atoms with Gasteiger partial charge in [-0.25, -0.2) is 9.97 Å². The summed E-state index contributed by atoms with van der Waals surface area (Å²) in [5, 5.41) is 4.00. The van der Waals surface area contributed by atoms with Gasteiger partial charge in [-0.1, -0.05) is 5.16 Å². The average Bonchev–Trinajstić information content (AvgIpc) is 3.33. The highest BCUT2D eigenvalue weighted by Crippen LogP contribution is 2.26. The molecule has 3 aromatic rings. The van der Waals surface area contributed by atoms with E-state index in [1.807, 2.05) is 24.8 Å². The molecule has 0 N–H and O–H groups in total. The zero-order valence-corrected chi connectivity index (χ0v) is 16.5. The lowest BCUT2D eigenvalue weighted by molar-refractivity contribution is -0.132. The normalized spacial score (nSPS) is 16.2. The van der Waals surface area contributed by atoms with Crippen LogP contribution in [0.15, 0.2) is 41.4 Å². The molecule has 150 valence electrons. The molecule has 0 spiro atoms. The van der Waals surface area contributed by atoms with E-state index in [0.29, 0.717) is 18.2 Å². The van der Waals surface area contributed by atoms with Gasteiger partial charge in [0.1, 0.15) is 17.8 Å². The van der Waals surface area contributed by atoms with Crippen molar-refractivity contribution in [3.8, 4) is 17.0 Å². The van der Waals surface area contributed by atoms with Crippen molar-refractivity contribution in [2.24, 2.45) is 5.92 Å². The molecule has 1 fully saturated rings. The minimum atomic E-state index is -0.00421. The van der Waals surface area contributed by atoms with Crippen molar-refractivity contribution in [1.29, 1.82) is 0 Å². The number of aromatic nitrogens is 4. The van der Waals surface area contributed by atoms with Crippen LogP contribution in [0.3, 0.4) is 0 Å². The Morgan fingerprint density at radius 3 is 3.00 bits per heavy atom. The highest BCUT2D eigenvalue weighted by Gasteiger charge is 2.27. The second-order valence-corrected chi connectivity index (χ2v) is 7.27. The molecule has 0 radical (unpaired) electrons. The van der Waals surface area contributed by atoms with Gasteiger partial charge in [-0.15, -0.1) is 0 Å². The lowest BCUT2D eigenvalue weighted by Gasteiger charge is -2.17. The summed E-state index contributed by atoms with van der Waals surface area (Å²) in [6, 6.07) is 5.56. The van der Waals surface area contributed by atoms with E-state index in [2.05, 4.69) is 20.1 Å². The van der Waals surface area contributed by atoms with Crippen LogP contribution in [0, 0.1) is 19.8 Å². The number of amides is 1. The highest BCUT2D eigenvalue weighted by molar-refractivity contribution is 5.78. The molecular weight excluding hydrogens is 370 g/mol. The molecule has 8 nitrogen and oxygen atoms in total. The van der Waals surface area contributed by atoms with Crippen LogP contribution >= 0.6 is 0 Å². The van der Waals surface area contributed by atoms with Crippen LogP contribution in [-0.2, 0) is 11.2 Å². The number of rotatable bonds is 6. The summed E-state index contributed by atoms with van der Waals surface area (Å²) >= 11 is 0. The molecule has 8 heteroatoms. The molecule has 0 aliphatic carbocycles. The van der Waals surface area contributed by atoms with E-state index in [0.717, 1.165) is 47.8 Å². The van der Waals surface area contributed by atoms with Crippen molar-refractivity contribution in [2.45, 2.75) is 26.7 Å². The minimum Gasteiger partial charge on any atom is -0.482 e. The van der Waals surface area contributed by atoms with Crippen LogP contribution in [0.25, 0.3) is 11.3 Å². The highest BCUT2D eigenvalue weighted by atomic mass is 16.5. The van der Waals surface area contributed by atoms with E-state index in [-0.39, 0.29) is 12.5 Å². The molecule has 1 saturated heterocycles. The Labute approximate surface area is 168 Å². The molecule has 1 amide bonds. The maximum absolute atomic E-state index is 12.4. The average molecular weight is 393 g/mol. The first-order valence-corrected chi connectivity index (χ1v) is 9.65. The van der Waals surface area contributed by atoms with Crippen molar-refractivity contribution in [3.63, 3.8) is 0 Å². The fraction of sp³-hybridized carbons (Fsp3) is 0.381. The number of hydrogen-bond acceptors (Lipinski definition) is 7. The number of ether oxygens (including phenoxy) is 1. The lowest BCUT2D eigenvalue weighted by atomic mass is 10.0. The fourth-order valence-corrected chi connectivity index (χ4v) is 3.68. The van der Waals surface area contributed by atoms with Crippen molar-refractivity contribution in [3.05, 3.63) is 54.1 Å². The SMILES string of the molecule is Cc1noc(C)c1-c1cc(C[C@@H]2CCN(C(=O)COc3cccnc3)C2)ncn1. The molecule has 0 saturated carbocycles. The summed E-state index contributed by atoms with van der Waals surface area (Å²) in [6.07, 6.45) is 6.60. The summed E-state index contributed by atoms with van der Waals surface area (Å²) in [7, 11) is 0. The van der Waals surface area contributed by atoms with E-state index in [1.54, 1.807) is 30.9 Å². The first kappa shape index (κ1) is 19.0. The van der Waals surface area contributed by atoms with Crippen LogP contribution in [0.1, 0.15) is 23.6 Å². The number of carbonyl (C=O) groups is 1. The molecule has 4 rings (SSSR count). The summed E-state index contributed by atoms with van der Waals surface area (Å²) < 4.78 is 10.8. The van der Waals surface area contributed by atoms with Gasteiger partial charge < -0.3 is 14.2 Å². The van der Waals surface area contributed by atoms with Crippen molar-refractivity contribution in [2.75, 3.05) is 19.7 Å². The van der Waals surface area contributed by atoms with E-state index in [1.165, 1.54) is 0 Å². The Hall–Kier alpha value is -3.29. The van der Waals surface area contributed by atoms with Crippen molar-refractivity contribution >= 4 is 5.91 Å². The molecule has 0 aromatic carbocycles. The van der Waals surface area contributed by atoms with E-state index >= 15 is 0 Å². The summed E-state index contributed by atoms with van der Waals surface area (Å²) in [4.78, 5) is 27.1. The van der Waals surface area contributed by atoms with Gasteiger partial charge in [0.2, 0.25) is 0 Å². The molecule has 1 aliphatic rings. The van der Waals surface area contributed by atoms with Crippen LogP contribution in [0.2, 0.25) is 0 Å². The predicted molar refractivity (Wildman–Crippen MR) is 105 cm³/mol. The number of hydrogen-bond donors (Lipinski definition) is 0. The quantitative estimate of drug-likeness (QED) is 0.635. The molecule has 4 heterocycles. The number of carbonyl (C=O) groups excluding carboxylic acids is 1. The van der Waals surface area contributed by atoms with Crippen LogP contribution in [0.5, 0.6) is 5.75 Å². The molecule has 0 bridgehead atoms. The molecule has 0 unspecified atom stereocenters. The first-order chi connectivity index (χ1) is 14.1. The number of aryl methyl sites for hydroxylation is 2. The largest absolute Gasteiger partial charge is 0.482 e. The molecule has 1 aliphatic heterocycles. The Morgan fingerprint density at radius 2 is 2.24 bits per heavy atom. The third-order valence-electron chi connectivity index (χ3n) is 5.15. The topological polar surface area (TPSA) is 94.2 Å². The third kappa shape index (κ3) is 4.42. The van der Waals surface area contributed by atoms with Crippen molar-refractivity contribution in [1.82, 2.24) is 25.0 Å². The standard InChI is InChI=1S/C21H23N5O3/c1-14-21(15(2)29-25-14)19-9-17(23-13-24-19)8-16-5-7-26(11-16)20(27)12-28-18-4-3-6-22-10-18/h3-4,6,9-10,13,16H,5,7-8,11-12H2,1-2H3/t16-/m0/s1. The van der Waals surface area contributed by atoms with Crippen molar-refractivity contribution < 1.29 is 14.1 Å². The van der Waals surface area contributed by atoms with Gasteiger partial charge >= 0.3 is 0 Å². The van der Waals surface area contributed by atoms with Gasteiger partial charge in [0.25, 0.3) is 5.91 Å². The van der Waals surface area contributed by atoms with Gasteiger partial charge in [0, 0.05) is 25.0 Å². The number of likely N-dealkylation sites (tertiary alicyclic amines) is 1. The van der Waals surface area contributed by atoms with Gasteiger partial charge in [-0.05, 0) is 50.8 Å². The fourth-order valence-electron chi connectivity index (χ4n) is 3.68. The van der Waals surface area contributed by atoms with Crippen LogP contribution in [-0.4, -0.2) is 50.6 Å². The summed E-state index contributed by atoms with van der Waals surface area (Å²) in [6.45, 7) is 5.26. The summed E-state index contributed by atoms with van der Waals surface area (Å²) in [5.41, 5.74) is 3.52. The number of nitrogens with zero attached hydrogens (tertiary/aromatic N) is 5. The Kier molecular flexibility index (Phi) is 5.50. The van der Waals surface area contributed by atoms with Gasteiger partial charge in [-0.3, -0.25) is 9.78 Å². The molecule has 3 aromatic heterocycles. The second kappa shape index (κ2) is 8.38. The third-order valence-corrected chi connectivity index (χ3v) is 5.15. The van der Waals surface area contributed by atoms with Gasteiger partial charge in [0.05, 0.1) is 23.1 Å². The summed E-state index contributed by atoms with van der Waals surface area (Å²) in [5.74, 6) is 1.71. The minimum absolute atomic E-state index is 0.00421. The van der Waals surface area contributed by atoms with E-state index in [9.17, 15) is 4.79 Å². The maximum Gasteiger partial charge on any atom is 0.260 e. The molecule has 29 heavy (non-hydrogen) atoms. The van der Waals surface area contributed by atoms with E-state index in [4.69, 9.17) is 9.26 Å². The zero-order chi connectivity index (χ0) is 20.2. The van der Waals surface area contributed by atoms with Gasteiger partial charge in [0.15, 0.2) is 6.61 Å². The molecular formula is C21H23N5O3. The van der Waals surface area contributed by atoms with Crippen LogP contribution < -0.4 is 4.74 Å². The predicted octanol–water partition coefficient (Wildman–Crippen LogP) is 2.61. The zero-order valence-electron chi connectivity index (χ0n) is 16.5. The molecule has 1 atom stereocenters. The Bertz CT molecular complexity index is 969. The first-order valence-electron chi connectivity index (χ1n) is 9.65. The van der Waals surface area contributed by atoms with E-state index < -0.39 is 0 Å². The van der Waals surface area contributed by atoms with Gasteiger partial charge in [-0.2, -0.15) is 0 Å². The lowest BCUT2D eigenvalue weighted by Crippen LogP contribution is -2.33. The number of pyridine rings is 1. The second-order valence-electron chi connectivity index (χ2n) is 7.27. The Morgan fingerprint density at radius 1 is 1.34 bits per heavy atom. The van der Waals surface area contributed by atoms with Crippen LogP contribution in [0.4, 0.5) is 0 Å². The smallest absolute Gasteiger partial charge is 0.260 e.